The number of rotatable bonds is 6. The van der Waals surface area contributed by atoms with Crippen molar-refractivity contribution in [1.29, 1.82) is 0 Å². The maximum Gasteiger partial charge on any atom is 0.106 e. The predicted octanol–water partition coefficient (Wildman–Crippen LogP) is 3.48. The van der Waals surface area contributed by atoms with Crippen LogP contribution in [0.1, 0.15) is 36.8 Å². The van der Waals surface area contributed by atoms with Crippen LogP contribution in [0.4, 0.5) is 5.69 Å². The molecule has 0 atom stereocenters. The van der Waals surface area contributed by atoms with Crippen molar-refractivity contribution in [3.8, 4) is 0 Å². The van der Waals surface area contributed by atoms with Crippen molar-refractivity contribution in [2.75, 3.05) is 11.9 Å². The van der Waals surface area contributed by atoms with Crippen molar-refractivity contribution < 1.29 is 0 Å². The number of hydrogen-bond acceptors (Lipinski definition) is 2. The van der Waals surface area contributed by atoms with Gasteiger partial charge >= 0.3 is 0 Å². The normalized spacial score (nSPS) is 18.6. The van der Waals surface area contributed by atoms with E-state index in [1.807, 2.05) is 6.07 Å². The maximum absolute atomic E-state index is 5.81. The molecule has 102 valence electrons. The summed E-state index contributed by atoms with van der Waals surface area (Å²) >= 11 is 5.14. The smallest absolute Gasteiger partial charge is 0.106 e. The number of anilines is 1. The van der Waals surface area contributed by atoms with E-state index in [-0.39, 0.29) is 0 Å². The minimum Gasteiger partial charge on any atom is -0.389 e. The molecule has 2 aliphatic carbocycles. The second kappa shape index (κ2) is 5.12. The van der Waals surface area contributed by atoms with Gasteiger partial charge in [-0.3, -0.25) is 0 Å². The van der Waals surface area contributed by atoms with E-state index in [1.54, 1.807) is 0 Å². The first-order chi connectivity index (χ1) is 9.15. The molecule has 2 nitrogen and oxygen atoms in total. The average Bonchev–Trinajstić information content (AvgIpc) is 3.24. The predicted molar refractivity (Wildman–Crippen MR) is 84.5 cm³/mol. The van der Waals surface area contributed by atoms with E-state index in [0.29, 0.717) is 4.99 Å². The van der Waals surface area contributed by atoms with E-state index in [1.165, 1.54) is 31.2 Å². The summed E-state index contributed by atoms with van der Waals surface area (Å²) in [7, 11) is 0. The van der Waals surface area contributed by atoms with E-state index in [0.717, 1.165) is 35.5 Å². The van der Waals surface area contributed by atoms with Crippen molar-refractivity contribution in [2.24, 2.45) is 23.5 Å². The molecule has 0 unspecified atom stereocenters. The second-order valence-electron chi connectivity index (χ2n) is 6.13. The second-order valence-corrected chi connectivity index (χ2v) is 6.57. The zero-order valence-electron chi connectivity index (χ0n) is 11.5. The Balaban J connectivity index is 1.71. The Bertz CT molecular complexity index is 478. The van der Waals surface area contributed by atoms with Gasteiger partial charge in [0.25, 0.3) is 0 Å². The number of hydrogen-bond donors (Lipinski definition) is 2. The molecule has 0 aliphatic heterocycles. The first-order valence-electron chi connectivity index (χ1n) is 7.29. The molecule has 0 amide bonds. The summed E-state index contributed by atoms with van der Waals surface area (Å²) in [6.07, 6.45) is 5.72. The highest BCUT2D eigenvalue weighted by atomic mass is 32.1. The summed E-state index contributed by atoms with van der Waals surface area (Å²) in [5.41, 5.74) is 9.14. The largest absolute Gasteiger partial charge is 0.389 e. The van der Waals surface area contributed by atoms with Crippen LogP contribution in [0.15, 0.2) is 18.2 Å². The molecule has 3 N–H and O–H groups in total. The molecule has 1 aromatic carbocycles. The summed E-state index contributed by atoms with van der Waals surface area (Å²) in [6.45, 7) is 3.18. The Morgan fingerprint density at radius 1 is 1.32 bits per heavy atom. The Kier molecular flexibility index (Phi) is 3.48. The molecular weight excluding hydrogens is 252 g/mol. The summed E-state index contributed by atoms with van der Waals surface area (Å²) in [6, 6.07) is 6.26. The quantitative estimate of drug-likeness (QED) is 0.780. The third kappa shape index (κ3) is 3.08. The van der Waals surface area contributed by atoms with E-state index >= 15 is 0 Å². The number of thiocarbonyl (C=S) groups is 1. The molecule has 0 aromatic heterocycles. The number of nitrogens with two attached hydrogens (primary N) is 1. The van der Waals surface area contributed by atoms with Gasteiger partial charge in [-0.1, -0.05) is 18.3 Å². The fraction of sp³-hybridized carbons (Fsp3) is 0.562. The third-order valence-electron chi connectivity index (χ3n) is 4.42. The molecule has 3 heteroatoms. The Morgan fingerprint density at radius 2 is 1.95 bits per heavy atom. The van der Waals surface area contributed by atoms with Gasteiger partial charge in [0.1, 0.15) is 4.99 Å². The molecule has 19 heavy (non-hydrogen) atoms. The van der Waals surface area contributed by atoms with Crippen LogP contribution in [-0.2, 0) is 0 Å². The molecule has 0 spiro atoms. The highest BCUT2D eigenvalue weighted by molar-refractivity contribution is 7.80. The Morgan fingerprint density at radius 3 is 2.47 bits per heavy atom. The van der Waals surface area contributed by atoms with E-state index in [4.69, 9.17) is 18.0 Å². The summed E-state index contributed by atoms with van der Waals surface area (Å²) in [5, 5.41) is 3.61. The number of aryl methyl sites for hydroxylation is 1. The van der Waals surface area contributed by atoms with Crippen LogP contribution in [0.5, 0.6) is 0 Å². The van der Waals surface area contributed by atoms with E-state index in [9.17, 15) is 0 Å². The van der Waals surface area contributed by atoms with Gasteiger partial charge in [0.15, 0.2) is 0 Å². The third-order valence-corrected chi connectivity index (χ3v) is 4.64. The zero-order valence-corrected chi connectivity index (χ0v) is 12.3. The maximum atomic E-state index is 5.81. The molecule has 3 rings (SSSR count). The molecule has 0 heterocycles. The lowest BCUT2D eigenvalue weighted by molar-refractivity contribution is 0.428. The average molecular weight is 274 g/mol. The van der Waals surface area contributed by atoms with Gasteiger partial charge in [-0.05, 0) is 68.1 Å². The lowest BCUT2D eigenvalue weighted by Crippen LogP contribution is -2.20. The van der Waals surface area contributed by atoms with Crippen LogP contribution < -0.4 is 11.1 Å². The van der Waals surface area contributed by atoms with Crippen LogP contribution in [-0.4, -0.2) is 11.5 Å². The molecule has 2 saturated carbocycles. The Hall–Kier alpha value is -1.09. The number of benzene rings is 1. The van der Waals surface area contributed by atoms with Crippen LogP contribution in [0.25, 0.3) is 0 Å². The van der Waals surface area contributed by atoms with Gasteiger partial charge in [0, 0.05) is 17.8 Å². The first-order valence-corrected chi connectivity index (χ1v) is 7.70. The van der Waals surface area contributed by atoms with Gasteiger partial charge in [-0.25, -0.2) is 0 Å². The van der Waals surface area contributed by atoms with E-state index < -0.39 is 0 Å². The topological polar surface area (TPSA) is 38.0 Å². The lowest BCUT2D eigenvalue weighted by atomic mass is 9.97. The summed E-state index contributed by atoms with van der Waals surface area (Å²) in [4.78, 5) is 0.483. The first kappa shape index (κ1) is 12.9. The van der Waals surface area contributed by atoms with Crippen LogP contribution >= 0.6 is 12.2 Å². The van der Waals surface area contributed by atoms with Gasteiger partial charge in [-0.2, -0.15) is 0 Å². The lowest BCUT2D eigenvalue weighted by Gasteiger charge is -2.19. The number of nitrogens with one attached hydrogen (secondary N) is 1. The highest BCUT2D eigenvalue weighted by Crippen LogP contribution is 2.49. The Labute approximate surface area is 120 Å². The molecule has 0 radical (unpaired) electrons. The minimum absolute atomic E-state index is 0.483. The van der Waals surface area contributed by atoms with E-state index in [2.05, 4.69) is 24.4 Å². The van der Waals surface area contributed by atoms with Crippen molar-refractivity contribution in [1.82, 2.24) is 0 Å². The highest BCUT2D eigenvalue weighted by Gasteiger charge is 2.41. The molecule has 2 fully saturated rings. The van der Waals surface area contributed by atoms with Gasteiger partial charge in [0.2, 0.25) is 0 Å². The van der Waals surface area contributed by atoms with Crippen LogP contribution in [0.2, 0.25) is 0 Å². The van der Waals surface area contributed by atoms with Crippen LogP contribution in [0.3, 0.4) is 0 Å². The monoisotopic (exact) mass is 274 g/mol. The molecule has 0 saturated heterocycles. The van der Waals surface area contributed by atoms with Gasteiger partial charge in [-0.15, -0.1) is 0 Å². The molecule has 0 bridgehead atoms. The SMILES string of the molecule is Cc1ccc(C(N)=S)c(NCC(C2CC2)C2CC2)c1. The van der Waals surface area contributed by atoms with Crippen LogP contribution in [0, 0.1) is 24.7 Å². The van der Waals surface area contributed by atoms with Crippen molar-refractivity contribution in [2.45, 2.75) is 32.6 Å². The molecule has 1 aromatic rings. The standard InChI is InChI=1S/C16H22N2S/c1-10-2-7-13(16(17)19)15(8-10)18-9-14(11-3-4-11)12-5-6-12/h2,7-8,11-12,14,18H,3-6,9H2,1H3,(H2,17,19). The fourth-order valence-corrected chi connectivity index (χ4v) is 3.19. The van der Waals surface area contributed by atoms with Gasteiger partial charge in [0.05, 0.1) is 0 Å². The van der Waals surface area contributed by atoms with Crippen molar-refractivity contribution in [3.05, 3.63) is 29.3 Å². The van der Waals surface area contributed by atoms with Gasteiger partial charge < -0.3 is 11.1 Å². The summed E-state index contributed by atoms with van der Waals surface area (Å²) < 4.78 is 0. The minimum atomic E-state index is 0.483. The summed E-state index contributed by atoms with van der Waals surface area (Å²) in [5.74, 6) is 2.80. The van der Waals surface area contributed by atoms with Crippen molar-refractivity contribution in [3.63, 3.8) is 0 Å². The zero-order chi connectivity index (χ0) is 13.4. The molecular formula is C16H22N2S. The van der Waals surface area contributed by atoms with Crippen molar-refractivity contribution >= 4 is 22.9 Å². The molecule has 2 aliphatic rings. The fourth-order valence-electron chi connectivity index (χ4n) is 3.01.